The number of alkyl carbamates (subject to hydrolysis) is 1. The fourth-order valence-electron chi connectivity index (χ4n) is 2.78. The molecule has 0 fully saturated rings. The van der Waals surface area contributed by atoms with Crippen LogP contribution in [0.4, 0.5) is 4.79 Å². The summed E-state index contributed by atoms with van der Waals surface area (Å²) < 4.78 is 6.59. The van der Waals surface area contributed by atoms with E-state index in [1.807, 2.05) is 69.3 Å². The number of benzene rings is 2. The summed E-state index contributed by atoms with van der Waals surface area (Å²) in [5.41, 5.74) is 1.96. The average molecular weight is 365 g/mol. The largest absolute Gasteiger partial charge is 0.444 e. The molecule has 0 bridgehead atoms. The van der Waals surface area contributed by atoms with Gasteiger partial charge in [-0.2, -0.15) is 5.10 Å². The summed E-state index contributed by atoms with van der Waals surface area (Å²) in [5, 5.41) is 8.63. The number of aryl methyl sites for hydroxylation is 1. The highest BCUT2D eigenvalue weighted by Crippen LogP contribution is 2.24. The normalized spacial score (nSPS) is 11.4. The summed E-state index contributed by atoms with van der Waals surface area (Å²) in [6.45, 7) is 5.85. The SMILES string of the molecule is Cn1nc(-c2ccc(CNC(=O)OC(C)(C)C)cc2)c2ccccc2c1=O. The zero-order valence-electron chi connectivity index (χ0n) is 15.9. The lowest BCUT2D eigenvalue weighted by atomic mass is 10.0. The number of nitrogens with one attached hydrogen (secondary N) is 1. The Morgan fingerprint density at radius 1 is 1.07 bits per heavy atom. The number of fused-ring (bicyclic) bond motifs is 1. The third kappa shape index (κ3) is 4.34. The number of rotatable bonds is 3. The van der Waals surface area contributed by atoms with Crippen LogP contribution in [0, 0.1) is 0 Å². The van der Waals surface area contributed by atoms with E-state index < -0.39 is 11.7 Å². The van der Waals surface area contributed by atoms with E-state index in [-0.39, 0.29) is 5.56 Å². The van der Waals surface area contributed by atoms with Gasteiger partial charge in [0.1, 0.15) is 5.60 Å². The molecule has 0 saturated carbocycles. The average Bonchev–Trinajstić information content (AvgIpc) is 2.62. The van der Waals surface area contributed by atoms with E-state index in [0.717, 1.165) is 22.2 Å². The fraction of sp³-hybridized carbons (Fsp3) is 0.286. The van der Waals surface area contributed by atoms with Crippen LogP contribution in [0.5, 0.6) is 0 Å². The molecule has 6 heteroatoms. The minimum absolute atomic E-state index is 0.118. The van der Waals surface area contributed by atoms with Crippen LogP contribution in [0.3, 0.4) is 0 Å². The highest BCUT2D eigenvalue weighted by Gasteiger charge is 2.16. The van der Waals surface area contributed by atoms with Gasteiger partial charge in [0.05, 0.1) is 11.1 Å². The zero-order chi connectivity index (χ0) is 19.6. The topological polar surface area (TPSA) is 73.2 Å². The molecule has 0 aliphatic carbocycles. The van der Waals surface area contributed by atoms with Gasteiger partial charge in [-0.05, 0) is 32.4 Å². The first-order chi connectivity index (χ1) is 12.7. The summed E-state index contributed by atoms with van der Waals surface area (Å²) in [4.78, 5) is 24.0. The molecule has 0 radical (unpaired) electrons. The van der Waals surface area contributed by atoms with Crippen LogP contribution in [0.25, 0.3) is 22.0 Å². The van der Waals surface area contributed by atoms with Gasteiger partial charge in [-0.1, -0.05) is 42.5 Å². The standard InChI is InChI=1S/C21H23N3O3/c1-21(2,3)27-20(26)22-13-14-9-11-15(12-10-14)18-16-7-5-6-8-17(16)19(25)24(4)23-18/h5-12H,13H2,1-4H3,(H,22,26). The van der Waals surface area contributed by atoms with Crippen LogP contribution in [0.2, 0.25) is 0 Å². The van der Waals surface area contributed by atoms with Crippen molar-refractivity contribution in [2.75, 3.05) is 0 Å². The maximum atomic E-state index is 12.3. The monoisotopic (exact) mass is 365 g/mol. The first-order valence-corrected chi connectivity index (χ1v) is 8.77. The van der Waals surface area contributed by atoms with Crippen molar-refractivity contribution in [3.8, 4) is 11.3 Å². The van der Waals surface area contributed by atoms with Crippen molar-refractivity contribution in [1.82, 2.24) is 15.1 Å². The second kappa shape index (κ2) is 7.23. The molecule has 6 nitrogen and oxygen atoms in total. The molecule has 0 aliphatic heterocycles. The van der Waals surface area contributed by atoms with Crippen LogP contribution in [-0.4, -0.2) is 21.5 Å². The van der Waals surface area contributed by atoms with E-state index in [1.165, 1.54) is 4.68 Å². The summed E-state index contributed by atoms with van der Waals surface area (Å²) in [6.07, 6.45) is -0.447. The fourth-order valence-corrected chi connectivity index (χ4v) is 2.78. The molecule has 1 amide bonds. The van der Waals surface area contributed by atoms with Crippen molar-refractivity contribution in [2.45, 2.75) is 32.9 Å². The van der Waals surface area contributed by atoms with E-state index in [0.29, 0.717) is 11.9 Å². The van der Waals surface area contributed by atoms with E-state index in [4.69, 9.17) is 4.74 Å². The molecule has 140 valence electrons. The number of hydrogen-bond acceptors (Lipinski definition) is 4. The predicted molar refractivity (Wildman–Crippen MR) is 105 cm³/mol. The number of nitrogens with zero attached hydrogens (tertiary/aromatic N) is 2. The lowest BCUT2D eigenvalue weighted by Gasteiger charge is -2.19. The van der Waals surface area contributed by atoms with Crippen molar-refractivity contribution >= 4 is 16.9 Å². The first-order valence-electron chi connectivity index (χ1n) is 8.77. The molecule has 0 atom stereocenters. The Balaban J connectivity index is 1.82. The molecule has 0 saturated heterocycles. The molecule has 0 aliphatic rings. The van der Waals surface area contributed by atoms with Crippen molar-refractivity contribution in [2.24, 2.45) is 7.05 Å². The minimum atomic E-state index is -0.524. The van der Waals surface area contributed by atoms with Crippen LogP contribution < -0.4 is 10.9 Å². The zero-order valence-corrected chi connectivity index (χ0v) is 15.9. The minimum Gasteiger partial charge on any atom is -0.444 e. The lowest BCUT2D eigenvalue weighted by molar-refractivity contribution is 0.0523. The predicted octanol–water partition coefficient (Wildman–Crippen LogP) is 3.63. The molecule has 27 heavy (non-hydrogen) atoms. The van der Waals surface area contributed by atoms with E-state index in [2.05, 4.69) is 10.4 Å². The van der Waals surface area contributed by atoms with Gasteiger partial charge in [0.25, 0.3) is 5.56 Å². The molecule has 0 spiro atoms. The van der Waals surface area contributed by atoms with Gasteiger partial charge in [0, 0.05) is 24.5 Å². The second-order valence-electron chi connectivity index (χ2n) is 7.38. The number of hydrogen-bond donors (Lipinski definition) is 1. The lowest BCUT2D eigenvalue weighted by Crippen LogP contribution is -2.32. The van der Waals surface area contributed by atoms with Crippen LogP contribution in [0.1, 0.15) is 26.3 Å². The Morgan fingerprint density at radius 2 is 1.70 bits per heavy atom. The Hall–Kier alpha value is -3.15. The van der Waals surface area contributed by atoms with Gasteiger partial charge in [-0.15, -0.1) is 0 Å². The van der Waals surface area contributed by atoms with Crippen molar-refractivity contribution < 1.29 is 9.53 Å². The molecular formula is C21H23N3O3. The van der Waals surface area contributed by atoms with Gasteiger partial charge >= 0.3 is 6.09 Å². The number of amides is 1. The van der Waals surface area contributed by atoms with Crippen molar-refractivity contribution in [3.63, 3.8) is 0 Å². The highest BCUT2D eigenvalue weighted by atomic mass is 16.6. The molecule has 0 unspecified atom stereocenters. The smallest absolute Gasteiger partial charge is 0.407 e. The van der Waals surface area contributed by atoms with Gasteiger partial charge in [0.2, 0.25) is 0 Å². The van der Waals surface area contributed by atoms with Gasteiger partial charge in [-0.3, -0.25) is 4.79 Å². The summed E-state index contributed by atoms with van der Waals surface area (Å²) in [5.74, 6) is 0. The Labute approximate surface area is 157 Å². The summed E-state index contributed by atoms with van der Waals surface area (Å²) in [6, 6.07) is 15.2. The summed E-state index contributed by atoms with van der Waals surface area (Å²) >= 11 is 0. The van der Waals surface area contributed by atoms with Gasteiger partial charge in [0.15, 0.2) is 0 Å². The molecule has 1 aromatic heterocycles. The molecule has 1 N–H and O–H groups in total. The quantitative estimate of drug-likeness (QED) is 0.769. The number of carbonyl (C=O) groups is 1. The van der Waals surface area contributed by atoms with Crippen molar-refractivity contribution in [1.29, 1.82) is 0 Å². The Kier molecular flexibility index (Phi) is 4.99. The van der Waals surface area contributed by atoms with Crippen LogP contribution in [-0.2, 0) is 18.3 Å². The van der Waals surface area contributed by atoms with Gasteiger partial charge < -0.3 is 10.1 Å². The maximum Gasteiger partial charge on any atom is 0.407 e. The van der Waals surface area contributed by atoms with Gasteiger partial charge in [-0.25, -0.2) is 9.48 Å². The second-order valence-corrected chi connectivity index (χ2v) is 7.38. The molecule has 3 aromatic rings. The maximum absolute atomic E-state index is 12.3. The summed E-state index contributed by atoms with van der Waals surface area (Å²) in [7, 11) is 1.65. The number of ether oxygens (including phenoxy) is 1. The third-order valence-electron chi connectivity index (χ3n) is 4.02. The Bertz CT molecular complexity index is 1030. The first kappa shape index (κ1) is 18.6. The number of aromatic nitrogens is 2. The number of carbonyl (C=O) groups excluding carboxylic acids is 1. The van der Waals surface area contributed by atoms with Crippen LogP contribution >= 0.6 is 0 Å². The van der Waals surface area contributed by atoms with Crippen LogP contribution in [0.15, 0.2) is 53.3 Å². The Morgan fingerprint density at radius 3 is 2.33 bits per heavy atom. The van der Waals surface area contributed by atoms with E-state index in [9.17, 15) is 9.59 Å². The molecule has 1 heterocycles. The van der Waals surface area contributed by atoms with Crippen molar-refractivity contribution in [3.05, 3.63) is 64.4 Å². The molecular weight excluding hydrogens is 342 g/mol. The highest BCUT2D eigenvalue weighted by molar-refractivity contribution is 5.93. The molecule has 3 rings (SSSR count). The third-order valence-corrected chi connectivity index (χ3v) is 4.02. The van der Waals surface area contributed by atoms with E-state index >= 15 is 0 Å². The van der Waals surface area contributed by atoms with E-state index in [1.54, 1.807) is 7.05 Å². The molecule has 2 aromatic carbocycles.